The summed E-state index contributed by atoms with van der Waals surface area (Å²) in [7, 11) is 6.05. The van der Waals surface area contributed by atoms with Crippen LogP contribution in [0.4, 0.5) is 28.0 Å². The zero-order valence-corrected chi connectivity index (χ0v) is 24.0. The second-order valence-electron chi connectivity index (χ2n) is 10.1. The first-order valence-electron chi connectivity index (χ1n) is 13.1. The topological polar surface area (TPSA) is 130 Å². The molecule has 0 aliphatic carbocycles. The van der Waals surface area contributed by atoms with Gasteiger partial charge < -0.3 is 29.4 Å². The van der Waals surface area contributed by atoms with Gasteiger partial charge >= 0.3 is 12.3 Å². The van der Waals surface area contributed by atoms with Gasteiger partial charge in [0.05, 0.1) is 23.8 Å². The molecule has 0 aliphatic heterocycles. The van der Waals surface area contributed by atoms with Crippen molar-refractivity contribution in [3.05, 3.63) is 70.2 Å². The molecule has 0 saturated carbocycles. The van der Waals surface area contributed by atoms with Crippen molar-refractivity contribution in [3.63, 3.8) is 0 Å². The molecule has 0 saturated heterocycles. The van der Waals surface area contributed by atoms with Crippen molar-refractivity contribution in [2.24, 2.45) is 0 Å². The van der Waals surface area contributed by atoms with Crippen molar-refractivity contribution in [3.8, 4) is 0 Å². The number of likely N-dealkylation sites (N-methyl/N-ethyl adjacent to an activating group) is 1. The maximum Gasteiger partial charge on any atom is 0.410 e. The molecule has 15 heteroatoms. The van der Waals surface area contributed by atoms with Crippen LogP contribution in [0.5, 0.6) is 0 Å². The number of nitrogens with zero attached hydrogens (tertiary/aromatic N) is 4. The lowest BCUT2D eigenvalue weighted by atomic mass is 10.1. The average Bonchev–Trinajstić information content (AvgIpc) is 3.33. The molecule has 0 fully saturated rings. The number of ether oxygens (including phenoxy) is 1. The number of hydrogen-bond acceptors (Lipinski definition) is 6. The number of carbonyl (C=O) groups excluding carboxylic acids is 3. The van der Waals surface area contributed by atoms with Crippen LogP contribution >= 0.6 is 0 Å². The molecular weight excluding hydrogens is 576 g/mol. The largest absolute Gasteiger partial charge is 0.436 e. The maximum absolute atomic E-state index is 14.3. The predicted octanol–water partition coefficient (Wildman–Crippen LogP) is 3.84. The van der Waals surface area contributed by atoms with Crippen LogP contribution in [0.1, 0.15) is 30.5 Å². The molecule has 0 aromatic carbocycles. The zero-order chi connectivity index (χ0) is 31.9. The van der Waals surface area contributed by atoms with E-state index in [4.69, 9.17) is 4.74 Å². The van der Waals surface area contributed by atoms with Crippen LogP contribution in [0, 0.1) is 5.82 Å². The Morgan fingerprint density at radius 2 is 1.91 bits per heavy atom. The number of fused-ring (bicyclic) bond motifs is 1. The SMILES string of the molecule is CN(C)C(=O)/C=C/CC[C@H](OC(=O)N(C)C)C(=O)Nc1cccn(Cc2cc3ncc(F)c(CCC(F)(F)F)c3[nH]2)c1=O. The Hall–Kier alpha value is -4.69. The van der Waals surface area contributed by atoms with Crippen molar-refractivity contribution in [1.82, 2.24) is 24.3 Å². The van der Waals surface area contributed by atoms with E-state index in [1.807, 2.05) is 0 Å². The highest BCUT2D eigenvalue weighted by Gasteiger charge is 2.28. The number of carbonyl (C=O) groups is 3. The highest BCUT2D eigenvalue weighted by atomic mass is 19.4. The predicted molar refractivity (Wildman–Crippen MR) is 150 cm³/mol. The van der Waals surface area contributed by atoms with Crippen LogP contribution in [0.25, 0.3) is 11.0 Å². The maximum atomic E-state index is 14.3. The minimum atomic E-state index is -4.47. The number of amides is 3. The second-order valence-corrected chi connectivity index (χ2v) is 10.1. The molecule has 3 rings (SSSR count). The minimum Gasteiger partial charge on any atom is -0.436 e. The number of hydrogen-bond donors (Lipinski definition) is 2. The Kier molecular flexibility index (Phi) is 10.7. The molecular formula is C28H32F4N6O5. The molecule has 3 heterocycles. The summed E-state index contributed by atoms with van der Waals surface area (Å²) in [6.07, 6.45) is -2.95. The number of aryl methyl sites for hydroxylation is 1. The van der Waals surface area contributed by atoms with Crippen LogP contribution in [0.2, 0.25) is 0 Å². The van der Waals surface area contributed by atoms with Crippen LogP contribution in [-0.2, 0) is 27.3 Å². The number of pyridine rings is 2. The quantitative estimate of drug-likeness (QED) is 0.252. The van der Waals surface area contributed by atoms with E-state index in [1.54, 1.807) is 14.1 Å². The van der Waals surface area contributed by atoms with E-state index in [0.717, 1.165) is 11.1 Å². The fraction of sp³-hybridized carbons (Fsp3) is 0.393. The lowest BCUT2D eigenvalue weighted by Crippen LogP contribution is -2.37. The van der Waals surface area contributed by atoms with Gasteiger partial charge in [0, 0.05) is 52.1 Å². The number of nitrogens with one attached hydrogen (secondary N) is 2. The first kappa shape index (κ1) is 32.8. The van der Waals surface area contributed by atoms with Gasteiger partial charge in [0.2, 0.25) is 5.91 Å². The van der Waals surface area contributed by atoms with Gasteiger partial charge in [-0.1, -0.05) is 6.08 Å². The number of anilines is 1. The Morgan fingerprint density at radius 1 is 1.19 bits per heavy atom. The number of rotatable bonds is 11. The number of H-pyrrole nitrogens is 1. The second kappa shape index (κ2) is 14.0. The highest BCUT2D eigenvalue weighted by Crippen LogP contribution is 2.27. The van der Waals surface area contributed by atoms with Gasteiger partial charge in [0.25, 0.3) is 11.5 Å². The Morgan fingerprint density at radius 3 is 2.56 bits per heavy atom. The monoisotopic (exact) mass is 608 g/mol. The first-order chi connectivity index (χ1) is 20.2. The number of halogens is 4. The van der Waals surface area contributed by atoms with Crippen molar-refractivity contribution in [2.45, 2.75) is 44.5 Å². The molecule has 43 heavy (non-hydrogen) atoms. The van der Waals surface area contributed by atoms with E-state index in [-0.39, 0.29) is 47.6 Å². The Labute approximate surface area is 244 Å². The third-order valence-corrected chi connectivity index (χ3v) is 6.23. The highest BCUT2D eigenvalue weighted by molar-refractivity contribution is 5.95. The molecule has 3 aromatic rings. The van der Waals surface area contributed by atoms with Crippen LogP contribution in [0.15, 0.2) is 47.5 Å². The lowest BCUT2D eigenvalue weighted by molar-refractivity contribution is -0.134. The summed E-state index contributed by atoms with van der Waals surface area (Å²) in [5, 5.41) is 2.48. The van der Waals surface area contributed by atoms with E-state index in [0.29, 0.717) is 5.69 Å². The molecule has 0 radical (unpaired) electrons. The summed E-state index contributed by atoms with van der Waals surface area (Å²) >= 11 is 0. The van der Waals surface area contributed by atoms with E-state index in [1.165, 1.54) is 60.1 Å². The van der Waals surface area contributed by atoms with Crippen LogP contribution in [0.3, 0.4) is 0 Å². The van der Waals surface area contributed by atoms with Crippen LogP contribution in [-0.4, -0.2) is 82.7 Å². The number of aromatic amines is 1. The fourth-order valence-electron chi connectivity index (χ4n) is 3.95. The molecule has 3 amide bonds. The summed E-state index contributed by atoms with van der Waals surface area (Å²) in [5.74, 6) is -1.90. The van der Waals surface area contributed by atoms with Crippen molar-refractivity contribution >= 4 is 34.6 Å². The minimum absolute atomic E-state index is 0.0267. The van der Waals surface area contributed by atoms with Gasteiger partial charge in [-0.2, -0.15) is 13.2 Å². The molecule has 0 aliphatic rings. The van der Waals surface area contributed by atoms with Crippen molar-refractivity contribution < 1.29 is 36.7 Å². The number of aromatic nitrogens is 3. The van der Waals surface area contributed by atoms with Gasteiger partial charge in [0.1, 0.15) is 11.5 Å². The molecule has 0 spiro atoms. The summed E-state index contributed by atoms with van der Waals surface area (Å²) in [6.45, 7) is -0.0943. The Balaban J connectivity index is 1.79. The Bertz CT molecular complexity index is 1560. The third kappa shape index (κ3) is 9.15. The summed E-state index contributed by atoms with van der Waals surface area (Å²) in [6, 6.07) is 4.34. The van der Waals surface area contributed by atoms with Gasteiger partial charge in [-0.15, -0.1) is 0 Å². The normalized spacial score (nSPS) is 12.4. The van der Waals surface area contributed by atoms with E-state index >= 15 is 0 Å². The fourth-order valence-corrected chi connectivity index (χ4v) is 3.95. The molecule has 232 valence electrons. The van der Waals surface area contributed by atoms with E-state index < -0.39 is 48.5 Å². The summed E-state index contributed by atoms with van der Waals surface area (Å²) in [4.78, 5) is 59.4. The van der Waals surface area contributed by atoms with Crippen LogP contribution < -0.4 is 10.9 Å². The standard InChI is InChI=1S/C28H32F4N6O5/c1-36(2)23(39)10-6-5-9-22(43-27(42)37(3)4)25(40)35-20-8-7-13-38(26(20)41)16-17-14-21-24(34-17)18(19(29)15-33-21)11-12-28(30,31)32/h6-8,10,13-15,22,34H,5,9,11-12,16H2,1-4H3,(H,35,40)/b10-6+/t22-/m0/s1. The molecule has 0 unspecified atom stereocenters. The number of allylic oxidation sites excluding steroid dienone is 1. The molecule has 1 atom stereocenters. The van der Waals surface area contributed by atoms with Gasteiger partial charge in [-0.05, 0) is 43.5 Å². The van der Waals surface area contributed by atoms with Crippen molar-refractivity contribution in [1.29, 1.82) is 0 Å². The third-order valence-electron chi connectivity index (χ3n) is 6.23. The van der Waals surface area contributed by atoms with Gasteiger partial charge in [-0.3, -0.25) is 19.4 Å². The van der Waals surface area contributed by atoms with E-state index in [2.05, 4.69) is 15.3 Å². The van der Waals surface area contributed by atoms with Gasteiger partial charge in [0.15, 0.2) is 6.10 Å². The number of alkyl halides is 3. The van der Waals surface area contributed by atoms with Crippen molar-refractivity contribution in [2.75, 3.05) is 33.5 Å². The summed E-state index contributed by atoms with van der Waals surface area (Å²) in [5.41, 5.74) is -0.213. The lowest BCUT2D eigenvalue weighted by Gasteiger charge is -2.19. The van der Waals surface area contributed by atoms with Gasteiger partial charge in [-0.25, -0.2) is 9.18 Å². The average molecular weight is 609 g/mol. The smallest absolute Gasteiger partial charge is 0.410 e. The molecule has 3 aromatic heterocycles. The molecule has 0 bridgehead atoms. The summed E-state index contributed by atoms with van der Waals surface area (Å²) < 4.78 is 59.1. The first-order valence-corrected chi connectivity index (χ1v) is 13.1. The molecule has 11 nitrogen and oxygen atoms in total. The van der Waals surface area contributed by atoms with E-state index in [9.17, 15) is 36.7 Å². The zero-order valence-electron chi connectivity index (χ0n) is 24.0. The molecule has 2 N–H and O–H groups in total.